The SMILES string of the molecule is CS(=O)(=O)C(N)NS(=O)O. The summed E-state index contributed by atoms with van der Waals surface area (Å²) in [6.45, 7) is 0. The molecule has 0 radical (unpaired) electrons. The van der Waals surface area contributed by atoms with Crippen LogP contribution in [-0.4, -0.2) is 28.9 Å². The Hall–Kier alpha value is -0.0200. The van der Waals surface area contributed by atoms with Gasteiger partial charge in [-0.05, 0) is 0 Å². The van der Waals surface area contributed by atoms with E-state index in [0.29, 0.717) is 0 Å². The van der Waals surface area contributed by atoms with Crippen LogP contribution >= 0.6 is 0 Å². The van der Waals surface area contributed by atoms with Crippen molar-refractivity contribution in [2.24, 2.45) is 5.73 Å². The van der Waals surface area contributed by atoms with E-state index in [9.17, 15) is 12.6 Å². The average molecular weight is 188 g/mol. The van der Waals surface area contributed by atoms with Gasteiger partial charge in [-0.1, -0.05) is 0 Å². The van der Waals surface area contributed by atoms with Gasteiger partial charge < -0.3 is 5.73 Å². The maximum atomic E-state index is 10.4. The third-order valence-electron chi connectivity index (χ3n) is 0.678. The Kier molecular flexibility index (Phi) is 3.39. The van der Waals surface area contributed by atoms with E-state index in [-0.39, 0.29) is 0 Å². The first-order chi connectivity index (χ1) is 4.34. The Bertz CT molecular complexity index is 221. The molecule has 6 nitrogen and oxygen atoms in total. The number of nitrogens with two attached hydrogens (primary N) is 1. The Balaban J connectivity index is 4.12. The molecule has 4 N–H and O–H groups in total. The molecule has 0 aliphatic heterocycles. The van der Waals surface area contributed by atoms with Crippen LogP contribution in [0.4, 0.5) is 0 Å². The second-order valence-corrected chi connectivity index (χ2v) is 4.52. The summed E-state index contributed by atoms with van der Waals surface area (Å²) in [5, 5.41) is 0. The van der Waals surface area contributed by atoms with Crippen molar-refractivity contribution < 1.29 is 17.2 Å². The maximum Gasteiger partial charge on any atom is 0.233 e. The largest absolute Gasteiger partial charge is 0.302 e. The molecule has 0 bridgehead atoms. The van der Waals surface area contributed by atoms with Crippen LogP contribution in [-0.2, 0) is 21.1 Å². The van der Waals surface area contributed by atoms with Gasteiger partial charge in [-0.2, -0.15) is 4.72 Å². The molecule has 0 amide bonds. The average Bonchev–Trinajstić information content (AvgIpc) is 1.60. The first kappa shape index (κ1) is 9.98. The summed E-state index contributed by atoms with van der Waals surface area (Å²) in [5.41, 5.74) is 3.41. The fraction of sp³-hybridized carbons (Fsp3) is 1.00. The van der Waals surface area contributed by atoms with Gasteiger partial charge in [0.2, 0.25) is 11.3 Å². The van der Waals surface area contributed by atoms with Gasteiger partial charge in [0.25, 0.3) is 0 Å². The van der Waals surface area contributed by atoms with Gasteiger partial charge in [-0.25, -0.2) is 12.6 Å². The summed E-state index contributed by atoms with van der Waals surface area (Å²) in [6.07, 6.45) is 0.859. The van der Waals surface area contributed by atoms with Crippen molar-refractivity contribution in [2.75, 3.05) is 6.26 Å². The highest BCUT2D eigenvalue weighted by atomic mass is 32.2. The summed E-state index contributed by atoms with van der Waals surface area (Å²) in [4.78, 5) is 0. The van der Waals surface area contributed by atoms with E-state index in [0.717, 1.165) is 6.26 Å². The van der Waals surface area contributed by atoms with Crippen molar-refractivity contribution in [3.05, 3.63) is 0 Å². The van der Waals surface area contributed by atoms with Gasteiger partial charge in [-0.3, -0.25) is 4.55 Å². The lowest BCUT2D eigenvalue weighted by atomic mass is 11.2. The molecule has 0 aromatic rings. The van der Waals surface area contributed by atoms with Crippen LogP contribution in [0.15, 0.2) is 0 Å². The van der Waals surface area contributed by atoms with Crippen molar-refractivity contribution in [1.82, 2.24) is 4.72 Å². The fourth-order valence-electron chi connectivity index (χ4n) is 0.187. The number of sulfone groups is 1. The molecule has 0 aromatic heterocycles. The summed E-state index contributed by atoms with van der Waals surface area (Å²) < 4.78 is 40.6. The molecule has 0 aliphatic carbocycles. The van der Waals surface area contributed by atoms with Crippen LogP contribution in [0, 0.1) is 0 Å². The lowest BCUT2D eigenvalue weighted by molar-refractivity contribution is 0.536. The predicted octanol–water partition coefficient (Wildman–Crippen LogP) is -2.00. The van der Waals surface area contributed by atoms with Crippen LogP contribution in [0.2, 0.25) is 0 Å². The smallest absolute Gasteiger partial charge is 0.233 e. The van der Waals surface area contributed by atoms with E-state index < -0.39 is 26.6 Å². The third-order valence-corrected chi connectivity index (χ3v) is 2.32. The normalized spacial score (nSPS) is 18.3. The number of hydrogen-bond donors (Lipinski definition) is 3. The van der Waals surface area contributed by atoms with E-state index in [1.165, 1.54) is 0 Å². The first-order valence-corrected chi connectivity index (χ1v) is 5.21. The molecule has 0 aromatic carbocycles. The highest BCUT2D eigenvalue weighted by Crippen LogP contribution is 1.85. The zero-order chi connectivity index (χ0) is 8.36. The molecule has 0 saturated carbocycles. The van der Waals surface area contributed by atoms with Crippen LogP contribution < -0.4 is 10.5 Å². The summed E-state index contributed by atoms with van der Waals surface area (Å²) in [7, 11) is -3.48. The Morgan fingerprint density at radius 1 is 1.70 bits per heavy atom. The van der Waals surface area contributed by atoms with Gasteiger partial charge in [-0.15, -0.1) is 0 Å². The molecule has 0 saturated heterocycles. The Morgan fingerprint density at radius 3 is 2.20 bits per heavy atom. The maximum absolute atomic E-state index is 10.4. The number of nitrogens with one attached hydrogen (secondary N) is 1. The van der Waals surface area contributed by atoms with Crippen molar-refractivity contribution in [3.8, 4) is 0 Å². The van der Waals surface area contributed by atoms with E-state index in [2.05, 4.69) is 0 Å². The molecule has 62 valence electrons. The van der Waals surface area contributed by atoms with Crippen molar-refractivity contribution in [1.29, 1.82) is 0 Å². The molecule has 0 fully saturated rings. The van der Waals surface area contributed by atoms with Crippen LogP contribution in [0.1, 0.15) is 0 Å². The van der Waals surface area contributed by atoms with E-state index in [1.54, 1.807) is 4.72 Å². The molecule has 2 atom stereocenters. The lowest BCUT2D eigenvalue weighted by Gasteiger charge is -2.06. The molecule has 0 heterocycles. The van der Waals surface area contributed by atoms with Gasteiger partial charge in [0, 0.05) is 6.26 Å². The van der Waals surface area contributed by atoms with Gasteiger partial charge in [0.05, 0.1) is 0 Å². The number of rotatable bonds is 3. The molecular weight excluding hydrogens is 180 g/mol. The van der Waals surface area contributed by atoms with E-state index >= 15 is 0 Å². The monoisotopic (exact) mass is 188 g/mol. The molecule has 0 aliphatic rings. The van der Waals surface area contributed by atoms with Crippen LogP contribution in [0.25, 0.3) is 0 Å². The zero-order valence-corrected chi connectivity index (χ0v) is 6.78. The highest BCUT2D eigenvalue weighted by Gasteiger charge is 2.15. The van der Waals surface area contributed by atoms with Crippen LogP contribution in [0.5, 0.6) is 0 Å². The van der Waals surface area contributed by atoms with E-state index in [1.807, 2.05) is 0 Å². The second kappa shape index (κ2) is 3.39. The zero-order valence-electron chi connectivity index (χ0n) is 5.14. The van der Waals surface area contributed by atoms with Crippen molar-refractivity contribution in [3.63, 3.8) is 0 Å². The van der Waals surface area contributed by atoms with Gasteiger partial charge in [0.15, 0.2) is 15.3 Å². The summed E-state index contributed by atoms with van der Waals surface area (Å²) in [5.74, 6) is 0. The minimum Gasteiger partial charge on any atom is -0.302 e. The lowest BCUT2D eigenvalue weighted by Crippen LogP contribution is -2.44. The Labute approximate surface area is 61.1 Å². The molecule has 8 heteroatoms. The molecule has 2 unspecified atom stereocenters. The minimum atomic E-state index is -3.48. The quantitative estimate of drug-likeness (QED) is 0.350. The predicted molar refractivity (Wildman–Crippen MR) is 36.7 cm³/mol. The summed E-state index contributed by atoms with van der Waals surface area (Å²) in [6, 6.07) is 0. The standard InChI is InChI=1S/C2H8N2O4S2/c1-10(7,8)2(3)4-9(5)6/h2,4H,3H2,1H3,(H,5,6). The molecule has 0 rings (SSSR count). The van der Waals surface area contributed by atoms with Crippen molar-refractivity contribution >= 4 is 21.1 Å². The second-order valence-electron chi connectivity index (χ2n) is 1.62. The van der Waals surface area contributed by atoms with Crippen molar-refractivity contribution in [2.45, 2.75) is 5.50 Å². The number of hydrogen-bond acceptors (Lipinski definition) is 4. The highest BCUT2D eigenvalue weighted by molar-refractivity contribution is 7.92. The van der Waals surface area contributed by atoms with E-state index in [4.69, 9.17) is 10.3 Å². The first-order valence-electron chi connectivity index (χ1n) is 2.15. The molecular formula is C2H8N2O4S2. The van der Waals surface area contributed by atoms with Crippen LogP contribution in [0.3, 0.4) is 0 Å². The van der Waals surface area contributed by atoms with Gasteiger partial charge >= 0.3 is 0 Å². The topological polar surface area (TPSA) is 109 Å². The van der Waals surface area contributed by atoms with Gasteiger partial charge in [0.1, 0.15) is 0 Å². The summed E-state index contributed by atoms with van der Waals surface area (Å²) >= 11 is -2.40. The fourth-order valence-corrected chi connectivity index (χ4v) is 1.33. The molecule has 10 heavy (non-hydrogen) atoms. The minimum absolute atomic E-state index is 0.859. The molecule has 0 spiro atoms. The third kappa shape index (κ3) is 3.90. The Morgan fingerprint density at radius 2 is 2.10 bits per heavy atom.